The molecule has 1 aliphatic heterocycles. The van der Waals surface area contributed by atoms with E-state index in [4.69, 9.17) is 0 Å². The summed E-state index contributed by atoms with van der Waals surface area (Å²) < 4.78 is 25.9. The number of anilines is 1. The number of para-hydroxylation sites is 1. The molecule has 2 aromatic carbocycles. The van der Waals surface area contributed by atoms with Crippen molar-refractivity contribution in [3.63, 3.8) is 0 Å². The van der Waals surface area contributed by atoms with Crippen molar-refractivity contribution in [1.82, 2.24) is 0 Å². The van der Waals surface area contributed by atoms with Crippen LogP contribution in [0.2, 0.25) is 0 Å². The topological polar surface area (TPSA) is 80.5 Å². The molecule has 0 bridgehead atoms. The van der Waals surface area contributed by atoms with Gasteiger partial charge >= 0.3 is 0 Å². The first-order valence-electron chi connectivity index (χ1n) is 6.89. The monoisotopic (exact) mass is 330 g/mol. The molecule has 0 amide bonds. The summed E-state index contributed by atoms with van der Waals surface area (Å²) >= 11 is 0. The van der Waals surface area contributed by atoms with Crippen molar-refractivity contribution in [1.29, 1.82) is 0 Å². The molecule has 0 radical (unpaired) electrons. The van der Waals surface area contributed by atoms with E-state index in [1.807, 2.05) is 0 Å². The molecule has 6 nitrogen and oxygen atoms in total. The van der Waals surface area contributed by atoms with Crippen LogP contribution in [0.15, 0.2) is 60.3 Å². The van der Waals surface area contributed by atoms with Gasteiger partial charge in [-0.1, -0.05) is 48.5 Å². The summed E-state index contributed by atoms with van der Waals surface area (Å²) in [5.41, 5.74) is 1.34. The van der Waals surface area contributed by atoms with Crippen LogP contribution in [-0.2, 0) is 10.0 Å². The average Bonchev–Trinajstić information content (AvgIpc) is 2.52. The summed E-state index contributed by atoms with van der Waals surface area (Å²) in [6.45, 7) is 0. The van der Waals surface area contributed by atoms with Crippen LogP contribution in [0, 0.1) is 10.1 Å². The van der Waals surface area contributed by atoms with Crippen LogP contribution in [0.4, 0.5) is 5.69 Å². The summed E-state index contributed by atoms with van der Waals surface area (Å²) in [6.07, 6.45) is 2.50. The fourth-order valence-electron chi connectivity index (χ4n) is 2.77. The Labute approximate surface area is 133 Å². The van der Waals surface area contributed by atoms with Crippen molar-refractivity contribution < 1.29 is 13.3 Å². The highest BCUT2D eigenvalue weighted by atomic mass is 32.2. The molecule has 3 rings (SSSR count). The van der Waals surface area contributed by atoms with Gasteiger partial charge in [-0.05, 0) is 11.6 Å². The molecule has 0 aromatic heterocycles. The lowest BCUT2D eigenvalue weighted by atomic mass is 9.97. The van der Waals surface area contributed by atoms with Gasteiger partial charge in [0.1, 0.15) is 0 Å². The third-order valence-electron chi connectivity index (χ3n) is 3.68. The maximum Gasteiger partial charge on any atom is 0.274 e. The van der Waals surface area contributed by atoms with Gasteiger partial charge in [-0.15, -0.1) is 0 Å². The van der Waals surface area contributed by atoms with Gasteiger partial charge in [0.2, 0.25) is 10.0 Å². The molecule has 7 heteroatoms. The number of benzene rings is 2. The van der Waals surface area contributed by atoms with Crippen molar-refractivity contribution in [3.05, 3.63) is 81.5 Å². The van der Waals surface area contributed by atoms with E-state index in [9.17, 15) is 18.5 Å². The maximum absolute atomic E-state index is 12.4. The average molecular weight is 330 g/mol. The minimum atomic E-state index is -3.71. The molecule has 0 saturated carbocycles. The third-order valence-corrected chi connectivity index (χ3v) is 4.80. The van der Waals surface area contributed by atoms with Crippen LogP contribution in [-0.4, -0.2) is 19.6 Å². The Morgan fingerprint density at radius 1 is 1.04 bits per heavy atom. The molecule has 0 aliphatic carbocycles. The van der Waals surface area contributed by atoms with E-state index >= 15 is 0 Å². The molecule has 118 valence electrons. The van der Waals surface area contributed by atoms with Crippen molar-refractivity contribution in [2.75, 3.05) is 10.6 Å². The van der Waals surface area contributed by atoms with Crippen LogP contribution < -0.4 is 4.31 Å². The number of hydrogen-bond donors (Lipinski definition) is 0. The van der Waals surface area contributed by atoms with E-state index in [-0.39, 0.29) is 5.70 Å². The van der Waals surface area contributed by atoms with Gasteiger partial charge in [0.05, 0.1) is 16.9 Å². The van der Waals surface area contributed by atoms with E-state index in [1.165, 1.54) is 6.08 Å². The van der Waals surface area contributed by atoms with Gasteiger partial charge in [-0.3, -0.25) is 14.4 Å². The highest BCUT2D eigenvalue weighted by molar-refractivity contribution is 7.92. The van der Waals surface area contributed by atoms with Crippen LogP contribution in [0.5, 0.6) is 0 Å². The van der Waals surface area contributed by atoms with E-state index in [2.05, 4.69) is 0 Å². The predicted molar refractivity (Wildman–Crippen MR) is 87.9 cm³/mol. The van der Waals surface area contributed by atoms with Gasteiger partial charge in [0.25, 0.3) is 5.70 Å². The van der Waals surface area contributed by atoms with E-state index < -0.39 is 21.0 Å². The lowest BCUT2D eigenvalue weighted by Crippen LogP contribution is -2.38. The van der Waals surface area contributed by atoms with Crippen molar-refractivity contribution >= 4 is 21.8 Å². The molecular formula is C16H14N2O4S. The van der Waals surface area contributed by atoms with Crippen molar-refractivity contribution in [2.45, 2.75) is 6.04 Å². The zero-order valence-electron chi connectivity index (χ0n) is 12.3. The Balaban J connectivity index is 2.32. The van der Waals surface area contributed by atoms with Crippen molar-refractivity contribution in [2.24, 2.45) is 0 Å². The summed E-state index contributed by atoms with van der Waals surface area (Å²) in [5, 5.41) is 11.5. The van der Waals surface area contributed by atoms with E-state index in [0.717, 1.165) is 10.6 Å². The molecule has 2 aromatic rings. The summed E-state index contributed by atoms with van der Waals surface area (Å²) in [5.74, 6) is 0. The van der Waals surface area contributed by atoms with Crippen molar-refractivity contribution in [3.8, 4) is 0 Å². The molecule has 0 saturated heterocycles. The number of sulfonamides is 1. The predicted octanol–water partition coefficient (Wildman–Crippen LogP) is 2.83. The van der Waals surface area contributed by atoms with E-state index in [0.29, 0.717) is 16.8 Å². The van der Waals surface area contributed by atoms with Gasteiger partial charge < -0.3 is 0 Å². The summed E-state index contributed by atoms with van der Waals surface area (Å²) in [7, 11) is -3.71. The summed E-state index contributed by atoms with van der Waals surface area (Å²) in [6, 6.07) is 14.4. The van der Waals surface area contributed by atoms with E-state index in [1.54, 1.807) is 54.6 Å². The Bertz CT molecular complexity index is 891. The fraction of sp³-hybridized carbons (Fsp3) is 0.125. The Hall–Kier alpha value is -2.67. The third kappa shape index (κ3) is 2.70. The molecule has 1 heterocycles. The molecule has 0 fully saturated rings. The lowest BCUT2D eigenvalue weighted by molar-refractivity contribution is -0.428. The number of nitro groups is 1. The molecule has 1 atom stereocenters. The Kier molecular flexibility index (Phi) is 3.65. The number of hydrogen-bond acceptors (Lipinski definition) is 4. The minimum Gasteiger partial charge on any atom is -0.259 e. The Morgan fingerprint density at radius 3 is 2.26 bits per heavy atom. The molecule has 1 aliphatic rings. The standard InChI is InChI=1S/C16H14N2O4S/c1-23(21,22)17-14-10-6-5-9-13(14)11-15(18(19)20)16(17)12-7-3-2-4-8-12/h2-11,16H,1H3/t16-/m0/s1. The highest BCUT2D eigenvalue weighted by Crippen LogP contribution is 2.42. The maximum atomic E-state index is 12.4. The molecular weight excluding hydrogens is 316 g/mol. The molecule has 0 spiro atoms. The van der Waals surface area contributed by atoms with Gasteiger partial charge in [-0.25, -0.2) is 8.42 Å². The van der Waals surface area contributed by atoms with Gasteiger partial charge in [0, 0.05) is 11.6 Å². The van der Waals surface area contributed by atoms with Crippen LogP contribution >= 0.6 is 0 Å². The zero-order chi connectivity index (χ0) is 16.6. The van der Waals surface area contributed by atoms with Crippen LogP contribution in [0.1, 0.15) is 17.2 Å². The Morgan fingerprint density at radius 2 is 1.65 bits per heavy atom. The molecule has 0 N–H and O–H groups in total. The largest absolute Gasteiger partial charge is 0.274 e. The quantitative estimate of drug-likeness (QED) is 0.640. The smallest absolute Gasteiger partial charge is 0.259 e. The second kappa shape index (κ2) is 5.51. The van der Waals surface area contributed by atoms with Gasteiger partial charge in [-0.2, -0.15) is 0 Å². The summed E-state index contributed by atoms with van der Waals surface area (Å²) in [4.78, 5) is 11.0. The zero-order valence-corrected chi connectivity index (χ0v) is 13.1. The number of fused-ring (bicyclic) bond motifs is 1. The first-order valence-corrected chi connectivity index (χ1v) is 8.74. The highest BCUT2D eigenvalue weighted by Gasteiger charge is 2.41. The SMILES string of the molecule is CS(=O)(=O)N1c2ccccc2C=C([N+](=O)[O-])[C@@H]1c1ccccc1. The van der Waals surface area contributed by atoms with Gasteiger partial charge in [0.15, 0.2) is 6.04 Å². The molecule has 0 unspecified atom stereocenters. The second-order valence-corrected chi connectivity index (χ2v) is 7.12. The normalized spacial score (nSPS) is 17.3. The fourth-order valence-corrected chi connectivity index (χ4v) is 3.91. The number of nitrogens with zero attached hydrogens (tertiary/aromatic N) is 2. The first kappa shape index (κ1) is 15.2. The first-order chi connectivity index (χ1) is 10.9. The minimum absolute atomic E-state index is 0.166. The number of rotatable bonds is 3. The van der Waals surface area contributed by atoms with Crippen LogP contribution in [0.3, 0.4) is 0 Å². The molecule has 23 heavy (non-hydrogen) atoms. The van der Waals surface area contributed by atoms with Crippen LogP contribution in [0.25, 0.3) is 6.08 Å². The lowest BCUT2D eigenvalue weighted by Gasteiger charge is -2.33. The second-order valence-electron chi connectivity index (χ2n) is 5.26.